The molecule has 0 saturated carbocycles. The number of ether oxygens (including phenoxy) is 1. The van der Waals surface area contributed by atoms with E-state index in [4.69, 9.17) is 4.74 Å². The van der Waals surface area contributed by atoms with Gasteiger partial charge in [-0.3, -0.25) is 9.59 Å². The lowest BCUT2D eigenvalue weighted by atomic mass is 10.0. The van der Waals surface area contributed by atoms with E-state index in [9.17, 15) is 9.59 Å². The summed E-state index contributed by atoms with van der Waals surface area (Å²) in [7, 11) is 0. The van der Waals surface area contributed by atoms with Crippen LogP contribution >= 0.6 is 0 Å². The van der Waals surface area contributed by atoms with Crippen molar-refractivity contribution in [2.24, 2.45) is 0 Å². The molecule has 0 aromatic heterocycles. The van der Waals surface area contributed by atoms with Crippen molar-refractivity contribution in [3.8, 4) is 5.75 Å². The molecule has 2 N–H and O–H groups in total. The van der Waals surface area contributed by atoms with Gasteiger partial charge in [-0.15, -0.1) is 0 Å². The van der Waals surface area contributed by atoms with E-state index < -0.39 is 6.10 Å². The first kappa shape index (κ1) is 19.0. The molecule has 0 radical (unpaired) electrons. The first-order valence-corrected chi connectivity index (χ1v) is 7.94. The maximum Gasteiger partial charge on any atom is 0.261 e. The summed E-state index contributed by atoms with van der Waals surface area (Å²) >= 11 is 0. The van der Waals surface area contributed by atoms with Crippen LogP contribution in [-0.4, -0.2) is 30.0 Å². The standard InChI is InChI=1S/C18H28N2O3/c1-12(2)14-8-7-9-15(10-14)23-13(3)17(22)19-11-16(21)20-18(4,5)6/h7-10,12-13H,11H2,1-6H3,(H,19,22)(H,20,21). The molecular weight excluding hydrogens is 292 g/mol. The van der Waals surface area contributed by atoms with Crippen LogP contribution < -0.4 is 15.4 Å². The molecule has 1 rings (SSSR count). The van der Waals surface area contributed by atoms with E-state index in [-0.39, 0.29) is 23.9 Å². The summed E-state index contributed by atoms with van der Waals surface area (Å²) in [6.45, 7) is 11.5. The molecule has 0 aliphatic heterocycles. The van der Waals surface area contributed by atoms with Gasteiger partial charge in [0.05, 0.1) is 6.54 Å². The number of amides is 2. The number of hydrogen-bond donors (Lipinski definition) is 2. The van der Waals surface area contributed by atoms with Crippen LogP contribution in [0.15, 0.2) is 24.3 Å². The minimum Gasteiger partial charge on any atom is -0.481 e. The molecule has 0 spiro atoms. The van der Waals surface area contributed by atoms with Crippen molar-refractivity contribution in [3.63, 3.8) is 0 Å². The molecule has 2 amide bonds. The highest BCUT2D eigenvalue weighted by molar-refractivity contribution is 5.87. The summed E-state index contributed by atoms with van der Waals surface area (Å²) in [6, 6.07) is 7.69. The first-order valence-electron chi connectivity index (χ1n) is 7.94. The van der Waals surface area contributed by atoms with Crippen molar-refractivity contribution < 1.29 is 14.3 Å². The second-order valence-electron chi connectivity index (χ2n) is 7.00. The smallest absolute Gasteiger partial charge is 0.261 e. The maximum absolute atomic E-state index is 12.0. The fourth-order valence-corrected chi connectivity index (χ4v) is 1.98. The molecule has 23 heavy (non-hydrogen) atoms. The van der Waals surface area contributed by atoms with Gasteiger partial charge >= 0.3 is 0 Å². The largest absolute Gasteiger partial charge is 0.481 e. The zero-order chi connectivity index (χ0) is 17.6. The quantitative estimate of drug-likeness (QED) is 0.846. The van der Waals surface area contributed by atoms with Gasteiger partial charge in [0.2, 0.25) is 5.91 Å². The van der Waals surface area contributed by atoms with E-state index in [0.717, 1.165) is 5.56 Å². The summed E-state index contributed by atoms with van der Waals surface area (Å²) < 4.78 is 5.66. The molecule has 0 bridgehead atoms. The summed E-state index contributed by atoms with van der Waals surface area (Å²) in [5.74, 6) is 0.505. The molecule has 0 saturated heterocycles. The van der Waals surface area contributed by atoms with Crippen molar-refractivity contribution in [1.82, 2.24) is 10.6 Å². The number of carbonyl (C=O) groups excluding carboxylic acids is 2. The van der Waals surface area contributed by atoms with Gasteiger partial charge in [0.25, 0.3) is 5.91 Å². The first-order chi connectivity index (χ1) is 10.6. The summed E-state index contributed by atoms with van der Waals surface area (Å²) in [4.78, 5) is 23.7. The van der Waals surface area contributed by atoms with Crippen molar-refractivity contribution in [2.45, 2.75) is 59.1 Å². The van der Waals surface area contributed by atoms with Crippen LogP contribution in [0.2, 0.25) is 0 Å². The van der Waals surface area contributed by atoms with Gasteiger partial charge in [-0.05, 0) is 51.3 Å². The second kappa shape index (κ2) is 7.99. The minimum atomic E-state index is -0.667. The fourth-order valence-electron chi connectivity index (χ4n) is 1.98. The Hall–Kier alpha value is -2.04. The Morgan fingerprint density at radius 2 is 1.83 bits per heavy atom. The van der Waals surface area contributed by atoms with Crippen molar-refractivity contribution in [3.05, 3.63) is 29.8 Å². The zero-order valence-electron chi connectivity index (χ0n) is 14.9. The lowest BCUT2D eigenvalue weighted by Crippen LogP contribution is -2.47. The van der Waals surface area contributed by atoms with E-state index in [1.807, 2.05) is 45.0 Å². The van der Waals surface area contributed by atoms with E-state index in [2.05, 4.69) is 24.5 Å². The number of nitrogens with one attached hydrogen (secondary N) is 2. The Bertz CT molecular complexity index is 547. The maximum atomic E-state index is 12.0. The highest BCUT2D eigenvalue weighted by atomic mass is 16.5. The highest BCUT2D eigenvalue weighted by Crippen LogP contribution is 2.20. The molecule has 0 aliphatic rings. The Balaban J connectivity index is 2.51. The molecule has 0 fully saturated rings. The molecule has 1 aromatic rings. The van der Waals surface area contributed by atoms with Crippen LogP contribution in [0.25, 0.3) is 0 Å². The van der Waals surface area contributed by atoms with Gasteiger partial charge in [0.15, 0.2) is 6.10 Å². The van der Waals surface area contributed by atoms with Crippen LogP contribution in [0, 0.1) is 0 Å². The normalized spacial score (nSPS) is 12.7. The van der Waals surface area contributed by atoms with Gasteiger partial charge in [0.1, 0.15) is 5.75 Å². The molecule has 1 atom stereocenters. The molecule has 5 heteroatoms. The number of hydrogen-bond acceptors (Lipinski definition) is 3. The highest BCUT2D eigenvalue weighted by Gasteiger charge is 2.18. The second-order valence-corrected chi connectivity index (χ2v) is 7.00. The number of rotatable bonds is 6. The molecule has 128 valence electrons. The van der Waals surface area contributed by atoms with Crippen LogP contribution in [-0.2, 0) is 9.59 Å². The molecule has 5 nitrogen and oxygen atoms in total. The summed E-state index contributed by atoms with van der Waals surface area (Å²) in [6.07, 6.45) is -0.667. The predicted molar refractivity (Wildman–Crippen MR) is 91.5 cm³/mol. The molecule has 1 unspecified atom stereocenters. The Kier molecular flexibility index (Phi) is 6.61. The van der Waals surface area contributed by atoms with Crippen LogP contribution in [0.1, 0.15) is 53.0 Å². The third-order valence-corrected chi connectivity index (χ3v) is 3.14. The fraction of sp³-hybridized carbons (Fsp3) is 0.556. The molecule has 0 heterocycles. The lowest BCUT2D eigenvalue weighted by Gasteiger charge is -2.21. The average molecular weight is 320 g/mol. The van der Waals surface area contributed by atoms with Crippen LogP contribution in [0.4, 0.5) is 0 Å². The SMILES string of the molecule is CC(Oc1cccc(C(C)C)c1)C(=O)NCC(=O)NC(C)(C)C. The lowest BCUT2D eigenvalue weighted by molar-refractivity contribution is -0.130. The van der Waals surface area contributed by atoms with Gasteiger partial charge in [0, 0.05) is 5.54 Å². The van der Waals surface area contributed by atoms with E-state index in [0.29, 0.717) is 11.7 Å². The molecular formula is C18H28N2O3. The van der Waals surface area contributed by atoms with Crippen LogP contribution in [0.3, 0.4) is 0 Å². The van der Waals surface area contributed by atoms with E-state index in [1.165, 1.54) is 0 Å². The van der Waals surface area contributed by atoms with Crippen molar-refractivity contribution >= 4 is 11.8 Å². The predicted octanol–water partition coefficient (Wildman–Crippen LogP) is 2.61. The summed E-state index contributed by atoms with van der Waals surface area (Å²) in [5.41, 5.74) is 0.834. The van der Waals surface area contributed by atoms with Gasteiger partial charge < -0.3 is 15.4 Å². The Morgan fingerprint density at radius 3 is 2.39 bits per heavy atom. The van der Waals surface area contributed by atoms with Gasteiger partial charge in [-0.25, -0.2) is 0 Å². The molecule has 0 aliphatic carbocycles. The Morgan fingerprint density at radius 1 is 1.17 bits per heavy atom. The molecule has 1 aromatic carbocycles. The topological polar surface area (TPSA) is 67.4 Å². The van der Waals surface area contributed by atoms with Crippen molar-refractivity contribution in [1.29, 1.82) is 0 Å². The van der Waals surface area contributed by atoms with Gasteiger partial charge in [-0.2, -0.15) is 0 Å². The van der Waals surface area contributed by atoms with E-state index >= 15 is 0 Å². The average Bonchev–Trinajstić information content (AvgIpc) is 2.43. The number of carbonyl (C=O) groups is 2. The third kappa shape index (κ3) is 7.17. The monoisotopic (exact) mass is 320 g/mol. The third-order valence-electron chi connectivity index (χ3n) is 3.14. The van der Waals surface area contributed by atoms with Crippen molar-refractivity contribution in [2.75, 3.05) is 6.54 Å². The summed E-state index contributed by atoms with van der Waals surface area (Å²) in [5, 5.41) is 5.37. The number of benzene rings is 1. The zero-order valence-corrected chi connectivity index (χ0v) is 14.9. The van der Waals surface area contributed by atoms with Crippen LogP contribution in [0.5, 0.6) is 5.75 Å². The van der Waals surface area contributed by atoms with Gasteiger partial charge in [-0.1, -0.05) is 26.0 Å². The Labute approximate surface area is 138 Å². The minimum absolute atomic E-state index is 0.0597. The van der Waals surface area contributed by atoms with E-state index in [1.54, 1.807) is 6.92 Å².